The zero-order chi connectivity index (χ0) is 15.5. The van der Waals surface area contributed by atoms with Gasteiger partial charge in [0, 0.05) is 22.3 Å². The summed E-state index contributed by atoms with van der Waals surface area (Å²) in [5, 5.41) is 3.43. The van der Waals surface area contributed by atoms with E-state index in [4.69, 9.17) is 9.47 Å². The van der Waals surface area contributed by atoms with Crippen LogP contribution >= 0.6 is 11.3 Å². The normalized spacial score (nSPS) is 11.6. The summed E-state index contributed by atoms with van der Waals surface area (Å²) in [6, 6.07) is 11.0. The summed E-state index contributed by atoms with van der Waals surface area (Å²) in [5.41, 5.74) is 3.82. The van der Waals surface area contributed by atoms with Crippen molar-refractivity contribution in [1.82, 2.24) is 0 Å². The standard InChI is InChI=1S/C19H22O2S/c1-4-20-8-9-21-17-6-5-14(13(2)3)11-15-12-18-16(19(15)17)7-10-22-18/h5-7,10-13H,4,8-9H2,1-3H3. The Labute approximate surface area is 136 Å². The minimum atomic E-state index is 0.500. The number of hydrogen-bond donors (Lipinski definition) is 0. The molecule has 3 heteroatoms. The monoisotopic (exact) mass is 314 g/mol. The molecular formula is C19H22O2S. The van der Waals surface area contributed by atoms with E-state index in [-0.39, 0.29) is 0 Å². The summed E-state index contributed by atoms with van der Waals surface area (Å²) < 4.78 is 12.7. The Bertz CT molecular complexity index is 730. The van der Waals surface area contributed by atoms with E-state index in [1.54, 1.807) is 11.3 Å². The lowest BCUT2D eigenvalue weighted by Gasteiger charge is -2.08. The van der Waals surface area contributed by atoms with Crippen molar-refractivity contribution in [2.45, 2.75) is 26.7 Å². The summed E-state index contributed by atoms with van der Waals surface area (Å²) in [5.74, 6) is 1.45. The molecule has 0 aliphatic heterocycles. The number of fused-ring (bicyclic) bond motifs is 3. The lowest BCUT2D eigenvalue weighted by Crippen LogP contribution is -2.06. The molecule has 3 rings (SSSR count). The zero-order valence-electron chi connectivity index (χ0n) is 13.4. The van der Waals surface area contributed by atoms with Gasteiger partial charge >= 0.3 is 0 Å². The molecule has 0 saturated heterocycles. The predicted octanol–water partition coefficient (Wildman–Crippen LogP) is 5.54. The Morgan fingerprint density at radius 1 is 1.09 bits per heavy atom. The second kappa shape index (κ2) is 6.67. The molecule has 0 N–H and O–H groups in total. The molecule has 116 valence electrons. The fourth-order valence-electron chi connectivity index (χ4n) is 2.71. The number of ether oxygens (including phenoxy) is 2. The van der Waals surface area contributed by atoms with Crippen LogP contribution in [-0.2, 0) is 4.74 Å². The van der Waals surface area contributed by atoms with Gasteiger partial charge in [0.05, 0.1) is 6.61 Å². The summed E-state index contributed by atoms with van der Waals surface area (Å²) >= 11 is 1.78. The van der Waals surface area contributed by atoms with Gasteiger partial charge in [-0.25, -0.2) is 0 Å². The molecule has 1 aromatic rings. The quantitative estimate of drug-likeness (QED) is 0.556. The van der Waals surface area contributed by atoms with Crippen LogP contribution < -0.4 is 4.74 Å². The van der Waals surface area contributed by atoms with E-state index in [9.17, 15) is 0 Å². The Morgan fingerprint density at radius 3 is 2.73 bits per heavy atom. The number of rotatable bonds is 6. The average Bonchev–Trinajstić information content (AvgIpc) is 3.01. The predicted molar refractivity (Wildman–Crippen MR) is 94.5 cm³/mol. The number of hydrogen-bond acceptors (Lipinski definition) is 3. The first-order valence-corrected chi connectivity index (χ1v) is 8.73. The molecule has 2 aliphatic carbocycles. The van der Waals surface area contributed by atoms with E-state index in [0.29, 0.717) is 19.1 Å². The molecule has 0 bridgehead atoms. The highest BCUT2D eigenvalue weighted by atomic mass is 32.1. The van der Waals surface area contributed by atoms with Crippen molar-refractivity contribution >= 4 is 21.4 Å². The van der Waals surface area contributed by atoms with Crippen LogP contribution in [0.3, 0.4) is 0 Å². The first-order valence-electron chi connectivity index (χ1n) is 7.85. The Kier molecular flexibility index (Phi) is 4.65. The van der Waals surface area contributed by atoms with Gasteiger partial charge in [-0.05, 0) is 47.5 Å². The molecule has 0 saturated carbocycles. The van der Waals surface area contributed by atoms with Gasteiger partial charge in [-0.2, -0.15) is 0 Å². The fourth-order valence-corrected chi connectivity index (χ4v) is 3.56. The Hall–Kier alpha value is -1.58. The molecule has 2 nitrogen and oxygen atoms in total. The zero-order valence-corrected chi connectivity index (χ0v) is 14.2. The second-order valence-electron chi connectivity index (χ2n) is 5.72. The van der Waals surface area contributed by atoms with Crippen molar-refractivity contribution in [2.75, 3.05) is 19.8 Å². The van der Waals surface area contributed by atoms with Gasteiger partial charge in [0.25, 0.3) is 0 Å². The van der Waals surface area contributed by atoms with Crippen LogP contribution in [0.15, 0.2) is 35.7 Å². The van der Waals surface area contributed by atoms with Crippen LogP contribution in [0.1, 0.15) is 32.3 Å². The lowest BCUT2D eigenvalue weighted by molar-refractivity contribution is 0.110. The van der Waals surface area contributed by atoms with E-state index in [2.05, 4.69) is 49.6 Å². The van der Waals surface area contributed by atoms with Crippen molar-refractivity contribution in [3.8, 4) is 16.9 Å². The summed E-state index contributed by atoms with van der Waals surface area (Å²) in [7, 11) is 0. The third kappa shape index (κ3) is 2.96. The first kappa shape index (κ1) is 15.3. The Balaban J connectivity index is 2.04. The number of thiophene rings is 1. The van der Waals surface area contributed by atoms with E-state index in [1.165, 1.54) is 26.8 Å². The third-order valence-corrected chi connectivity index (χ3v) is 4.76. The highest BCUT2D eigenvalue weighted by molar-refractivity contribution is 7.17. The molecule has 0 aromatic carbocycles. The van der Waals surface area contributed by atoms with Crippen molar-refractivity contribution < 1.29 is 9.47 Å². The van der Waals surface area contributed by atoms with Crippen LogP contribution in [0.25, 0.3) is 21.2 Å². The van der Waals surface area contributed by atoms with Crippen molar-refractivity contribution in [3.63, 3.8) is 0 Å². The molecule has 0 unspecified atom stereocenters. The largest absolute Gasteiger partial charge is 0.491 e. The van der Waals surface area contributed by atoms with Crippen LogP contribution in [0.5, 0.6) is 5.75 Å². The summed E-state index contributed by atoms with van der Waals surface area (Å²) in [6.45, 7) is 8.39. The first-order chi connectivity index (χ1) is 10.7. The van der Waals surface area contributed by atoms with Crippen molar-refractivity contribution in [2.24, 2.45) is 0 Å². The smallest absolute Gasteiger partial charge is 0.127 e. The van der Waals surface area contributed by atoms with E-state index >= 15 is 0 Å². The van der Waals surface area contributed by atoms with Gasteiger partial charge in [0.15, 0.2) is 0 Å². The van der Waals surface area contributed by atoms with Gasteiger partial charge in [-0.1, -0.05) is 26.0 Å². The average molecular weight is 314 g/mol. The minimum absolute atomic E-state index is 0.500. The third-order valence-electron chi connectivity index (χ3n) is 3.89. The molecule has 0 amide bonds. The SMILES string of the molecule is CCOCCOc1ccc(C(C)C)cc2cc3sccc3c1-2. The van der Waals surface area contributed by atoms with Crippen LogP contribution in [0.4, 0.5) is 0 Å². The van der Waals surface area contributed by atoms with Crippen LogP contribution in [0, 0.1) is 0 Å². The highest BCUT2D eigenvalue weighted by Crippen LogP contribution is 2.43. The molecule has 2 aliphatic rings. The van der Waals surface area contributed by atoms with Crippen molar-refractivity contribution in [1.29, 1.82) is 0 Å². The maximum atomic E-state index is 6.03. The molecular weight excluding hydrogens is 292 g/mol. The molecule has 0 fully saturated rings. The van der Waals surface area contributed by atoms with Gasteiger partial charge < -0.3 is 9.47 Å². The van der Waals surface area contributed by atoms with E-state index in [1.807, 2.05) is 6.92 Å². The molecule has 0 atom stereocenters. The molecule has 0 radical (unpaired) electrons. The maximum absolute atomic E-state index is 6.03. The lowest BCUT2D eigenvalue weighted by atomic mass is 10.0. The van der Waals surface area contributed by atoms with Gasteiger partial charge in [-0.15, -0.1) is 11.3 Å². The van der Waals surface area contributed by atoms with Gasteiger partial charge in [0.1, 0.15) is 12.4 Å². The van der Waals surface area contributed by atoms with E-state index in [0.717, 1.165) is 12.4 Å². The molecule has 1 aromatic heterocycles. The van der Waals surface area contributed by atoms with Crippen LogP contribution in [0.2, 0.25) is 0 Å². The molecule has 0 spiro atoms. The second-order valence-corrected chi connectivity index (χ2v) is 6.66. The van der Waals surface area contributed by atoms with Gasteiger partial charge in [0.2, 0.25) is 0 Å². The Morgan fingerprint density at radius 2 is 1.95 bits per heavy atom. The topological polar surface area (TPSA) is 18.5 Å². The maximum Gasteiger partial charge on any atom is 0.127 e. The van der Waals surface area contributed by atoms with E-state index < -0.39 is 0 Å². The van der Waals surface area contributed by atoms with Crippen molar-refractivity contribution in [3.05, 3.63) is 41.3 Å². The summed E-state index contributed by atoms with van der Waals surface area (Å²) in [4.78, 5) is 0. The highest BCUT2D eigenvalue weighted by Gasteiger charge is 2.16. The minimum Gasteiger partial charge on any atom is -0.491 e. The molecule has 1 heterocycles. The molecule has 22 heavy (non-hydrogen) atoms. The van der Waals surface area contributed by atoms with Gasteiger partial charge in [-0.3, -0.25) is 0 Å². The summed E-state index contributed by atoms with van der Waals surface area (Å²) in [6.07, 6.45) is 0. The van der Waals surface area contributed by atoms with Crippen LogP contribution in [-0.4, -0.2) is 19.8 Å². The fraction of sp³-hybridized carbons (Fsp3) is 0.368.